The van der Waals surface area contributed by atoms with E-state index in [1.807, 2.05) is 54.6 Å². The third-order valence-electron chi connectivity index (χ3n) is 4.71. The minimum Gasteiger partial charge on any atom is -0.381 e. The maximum atomic E-state index is 12.7. The normalized spacial score (nSPS) is 11.3. The Labute approximate surface area is 159 Å². The second-order valence-electron chi connectivity index (χ2n) is 6.48. The lowest BCUT2D eigenvalue weighted by atomic mass is 10.1. The van der Waals surface area contributed by atoms with Crippen LogP contribution < -0.4 is 11.1 Å². The number of hydrogen-bond donors (Lipinski definition) is 2. The van der Waals surface area contributed by atoms with E-state index in [1.165, 1.54) is 0 Å². The number of nitrogens with one attached hydrogen (secondary N) is 1. The molecule has 3 N–H and O–H groups in total. The van der Waals surface area contributed by atoms with Crippen molar-refractivity contribution < 1.29 is 4.79 Å². The van der Waals surface area contributed by atoms with Crippen molar-refractivity contribution in [3.05, 3.63) is 78.2 Å². The molecule has 0 spiro atoms. The second kappa shape index (κ2) is 6.31. The highest BCUT2D eigenvalue weighted by molar-refractivity contribution is 5.94. The van der Waals surface area contributed by atoms with Crippen LogP contribution in [0, 0.1) is 0 Å². The highest BCUT2D eigenvalue weighted by Crippen LogP contribution is 2.20. The molecule has 0 saturated carbocycles. The predicted octanol–water partition coefficient (Wildman–Crippen LogP) is 2.94. The van der Waals surface area contributed by atoms with Gasteiger partial charge < -0.3 is 11.1 Å². The van der Waals surface area contributed by atoms with E-state index in [0.717, 1.165) is 27.5 Å². The van der Waals surface area contributed by atoms with Crippen LogP contribution >= 0.6 is 0 Å². The third-order valence-corrected chi connectivity index (χ3v) is 4.71. The predicted molar refractivity (Wildman–Crippen MR) is 108 cm³/mol. The monoisotopic (exact) mass is 368 g/mol. The summed E-state index contributed by atoms with van der Waals surface area (Å²) in [7, 11) is 0. The molecule has 0 radical (unpaired) electrons. The largest absolute Gasteiger partial charge is 0.381 e. The summed E-state index contributed by atoms with van der Waals surface area (Å²) in [4.78, 5) is 25.9. The zero-order chi connectivity index (χ0) is 19.1. The summed E-state index contributed by atoms with van der Waals surface area (Å²) in [6, 6.07) is 17.4. The van der Waals surface area contributed by atoms with Gasteiger partial charge in [0, 0.05) is 24.3 Å². The Hall–Kier alpha value is -4.00. The molecule has 5 rings (SSSR count). The van der Waals surface area contributed by atoms with Gasteiger partial charge in [-0.1, -0.05) is 36.4 Å². The number of hydrogen-bond acceptors (Lipinski definition) is 5. The Kier molecular flexibility index (Phi) is 3.65. The molecule has 0 fully saturated rings. The molecule has 136 valence electrons. The molecule has 3 heterocycles. The average Bonchev–Trinajstić information content (AvgIpc) is 3.11. The first kappa shape index (κ1) is 16.2. The lowest BCUT2D eigenvalue weighted by molar-refractivity contribution is 0.0946. The number of imidazole rings is 1. The van der Waals surface area contributed by atoms with Crippen LogP contribution in [0.2, 0.25) is 0 Å². The molecule has 1 amide bonds. The van der Waals surface area contributed by atoms with Gasteiger partial charge in [0.2, 0.25) is 0 Å². The number of pyridine rings is 1. The Morgan fingerprint density at radius 3 is 2.82 bits per heavy atom. The molecule has 0 saturated heterocycles. The molecule has 0 aliphatic heterocycles. The Morgan fingerprint density at radius 1 is 1.04 bits per heavy atom. The number of fused-ring (bicyclic) bond motifs is 4. The molecular weight excluding hydrogens is 352 g/mol. The summed E-state index contributed by atoms with van der Waals surface area (Å²) >= 11 is 0. The van der Waals surface area contributed by atoms with Crippen molar-refractivity contribution in [3.63, 3.8) is 0 Å². The molecule has 3 aromatic heterocycles. The fourth-order valence-electron chi connectivity index (χ4n) is 3.37. The standard InChI is InChI=1S/C21H16N6O/c22-19-20-26-15-8-1-2-9-17(15)27(20)12-16(25-19)21(28)24-11-14-6-3-5-13-7-4-10-23-18(13)14/h1-10,12H,11H2,(H2,22,25)(H,24,28). The molecule has 5 aromatic rings. The van der Waals surface area contributed by atoms with Gasteiger partial charge in [-0.2, -0.15) is 0 Å². The van der Waals surface area contributed by atoms with Crippen molar-refractivity contribution in [2.75, 3.05) is 5.73 Å². The number of carbonyl (C=O) groups excluding carboxylic acids is 1. The fourth-order valence-corrected chi connectivity index (χ4v) is 3.37. The number of benzene rings is 2. The highest BCUT2D eigenvalue weighted by Gasteiger charge is 2.14. The van der Waals surface area contributed by atoms with E-state index in [9.17, 15) is 4.79 Å². The number of nitrogens with zero attached hydrogens (tertiary/aromatic N) is 4. The molecule has 0 atom stereocenters. The van der Waals surface area contributed by atoms with Crippen LogP contribution in [0.25, 0.3) is 27.6 Å². The molecule has 28 heavy (non-hydrogen) atoms. The lowest BCUT2D eigenvalue weighted by Gasteiger charge is -2.08. The smallest absolute Gasteiger partial charge is 0.271 e. The molecule has 0 aliphatic rings. The van der Waals surface area contributed by atoms with E-state index in [-0.39, 0.29) is 17.4 Å². The summed E-state index contributed by atoms with van der Waals surface area (Å²) in [6.45, 7) is 0.345. The maximum Gasteiger partial charge on any atom is 0.271 e. The first-order valence-corrected chi connectivity index (χ1v) is 8.85. The Balaban J connectivity index is 1.48. The van der Waals surface area contributed by atoms with Crippen molar-refractivity contribution in [3.8, 4) is 0 Å². The second-order valence-corrected chi connectivity index (χ2v) is 6.48. The van der Waals surface area contributed by atoms with Crippen LogP contribution in [-0.2, 0) is 6.54 Å². The van der Waals surface area contributed by atoms with Crippen molar-refractivity contribution in [2.45, 2.75) is 6.54 Å². The van der Waals surface area contributed by atoms with Gasteiger partial charge in [0.25, 0.3) is 5.91 Å². The topological polar surface area (TPSA) is 98.2 Å². The van der Waals surface area contributed by atoms with Gasteiger partial charge in [-0.3, -0.25) is 14.2 Å². The average molecular weight is 368 g/mol. The summed E-state index contributed by atoms with van der Waals surface area (Å²) in [5.41, 5.74) is 10.3. The fraction of sp³-hybridized carbons (Fsp3) is 0.0476. The lowest BCUT2D eigenvalue weighted by Crippen LogP contribution is -2.24. The number of nitrogen functional groups attached to an aromatic ring is 1. The summed E-state index contributed by atoms with van der Waals surface area (Å²) < 4.78 is 1.80. The van der Waals surface area contributed by atoms with Crippen LogP contribution in [0.4, 0.5) is 5.82 Å². The van der Waals surface area contributed by atoms with E-state index in [1.54, 1.807) is 16.8 Å². The SMILES string of the molecule is Nc1nc(C(=O)NCc2cccc3cccnc23)cn2c1nc1ccccc12. The van der Waals surface area contributed by atoms with E-state index < -0.39 is 0 Å². The van der Waals surface area contributed by atoms with Crippen molar-refractivity contribution in [1.82, 2.24) is 24.7 Å². The summed E-state index contributed by atoms with van der Waals surface area (Å²) in [5.74, 6) is -0.0880. The van der Waals surface area contributed by atoms with Gasteiger partial charge in [-0.15, -0.1) is 0 Å². The quantitative estimate of drug-likeness (QED) is 0.510. The van der Waals surface area contributed by atoms with Gasteiger partial charge in [-0.05, 0) is 23.8 Å². The third kappa shape index (κ3) is 2.61. The maximum absolute atomic E-state index is 12.7. The number of anilines is 1. The summed E-state index contributed by atoms with van der Waals surface area (Å²) in [6.07, 6.45) is 3.41. The van der Waals surface area contributed by atoms with E-state index in [4.69, 9.17) is 5.73 Å². The van der Waals surface area contributed by atoms with E-state index in [2.05, 4.69) is 20.3 Å². The number of nitrogens with two attached hydrogens (primary N) is 1. The van der Waals surface area contributed by atoms with Crippen molar-refractivity contribution >= 4 is 39.3 Å². The zero-order valence-corrected chi connectivity index (χ0v) is 14.8. The first-order valence-electron chi connectivity index (χ1n) is 8.85. The number of amides is 1. The van der Waals surface area contributed by atoms with Gasteiger partial charge in [-0.25, -0.2) is 9.97 Å². The number of aromatic nitrogens is 4. The van der Waals surface area contributed by atoms with Crippen molar-refractivity contribution in [1.29, 1.82) is 0 Å². The first-order chi connectivity index (χ1) is 13.7. The van der Waals surface area contributed by atoms with E-state index >= 15 is 0 Å². The number of para-hydroxylation sites is 3. The van der Waals surface area contributed by atoms with Gasteiger partial charge >= 0.3 is 0 Å². The van der Waals surface area contributed by atoms with E-state index in [0.29, 0.717) is 12.2 Å². The molecule has 2 aromatic carbocycles. The van der Waals surface area contributed by atoms with Crippen molar-refractivity contribution in [2.24, 2.45) is 0 Å². The molecule has 7 nitrogen and oxygen atoms in total. The number of rotatable bonds is 3. The number of carbonyl (C=O) groups is 1. The van der Waals surface area contributed by atoms with Gasteiger partial charge in [0.1, 0.15) is 5.69 Å². The van der Waals surface area contributed by atoms with Crippen LogP contribution in [0.3, 0.4) is 0 Å². The van der Waals surface area contributed by atoms with Crippen LogP contribution in [0.15, 0.2) is 67.0 Å². The molecule has 0 aliphatic carbocycles. The zero-order valence-electron chi connectivity index (χ0n) is 14.8. The molecular formula is C21H16N6O. The minimum absolute atomic E-state index is 0.218. The minimum atomic E-state index is -0.306. The van der Waals surface area contributed by atoms with Crippen LogP contribution in [0.1, 0.15) is 16.1 Å². The molecule has 0 bridgehead atoms. The summed E-state index contributed by atoms with van der Waals surface area (Å²) in [5, 5.41) is 3.94. The van der Waals surface area contributed by atoms with Gasteiger partial charge in [0.15, 0.2) is 11.5 Å². The van der Waals surface area contributed by atoms with Gasteiger partial charge in [0.05, 0.1) is 16.6 Å². The Morgan fingerprint density at radius 2 is 1.89 bits per heavy atom. The highest BCUT2D eigenvalue weighted by atomic mass is 16.1. The van der Waals surface area contributed by atoms with Crippen LogP contribution in [-0.4, -0.2) is 25.3 Å². The Bertz CT molecular complexity index is 1350. The molecule has 0 unspecified atom stereocenters. The molecule has 7 heteroatoms. The van der Waals surface area contributed by atoms with Crippen LogP contribution in [0.5, 0.6) is 0 Å².